The maximum atomic E-state index is 12.2. The molecule has 1 amide bonds. The number of amides is 1. The molecule has 2 fully saturated rings. The van der Waals surface area contributed by atoms with Crippen molar-refractivity contribution >= 4 is 33.8 Å². The Morgan fingerprint density at radius 3 is 2.82 bits per heavy atom. The van der Waals surface area contributed by atoms with Crippen LogP contribution < -0.4 is 15.4 Å². The third-order valence-electron chi connectivity index (χ3n) is 9.30. The number of nitrogen functional groups attached to an aromatic ring is 1. The monoisotopic (exact) mass is 629 g/mol. The zero-order valence-corrected chi connectivity index (χ0v) is 26.9. The van der Waals surface area contributed by atoms with Gasteiger partial charge in [0.1, 0.15) is 28.7 Å². The van der Waals surface area contributed by atoms with Gasteiger partial charge >= 0.3 is 6.01 Å². The highest BCUT2D eigenvalue weighted by atomic mass is 32.1. The van der Waals surface area contributed by atoms with E-state index in [1.165, 1.54) is 17.4 Å². The molecule has 0 radical (unpaired) electrons. The van der Waals surface area contributed by atoms with Crippen LogP contribution in [0, 0.1) is 17.2 Å². The van der Waals surface area contributed by atoms with Crippen LogP contribution in [-0.4, -0.2) is 76.0 Å². The van der Waals surface area contributed by atoms with Crippen molar-refractivity contribution in [3.63, 3.8) is 0 Å². The summed E-state index contributed by atoms with van der Waals surface area (Å²) >= 11 is 1.47. The summed E-state index contributed by atoms with van der Waals surface area (Å²) in [5.74, 6) is 1.82. The lowest BCUT2D eigenvalue weighted by Gasteiger charge is -2.35. The number of hydrogen-bond acceptors (Lipinski definition) is 12. The third kappa shape index (κ3) is 6.03. The Balaban J connectivity index is 1.35. The number of fused-ring (bicyclic) bond motifs is 1. The van der Waals surface area contributed by atoms with Crippen LogP contribution in [0.2, 0.25) is 0 Å². The first kappa shape index (κ1) is 30.7. The van der Waals surface area contributed by atoms with E-state index in [4.69, 9.17) is 29.9 Å². The summed E-state index contributed by atoms with van der Waals surface area (Å²) in [6.07, 6.45) is 7.42. The molecule has 3 atom stereocenters. The summed E-state index contributed by atoms with van der Waals surface area (Å²) in [6, 6.07) is 4.39. The van der Waals surface area contributed by atoms with Crippen molar-refractivity contribution < 1.29 is 14.1 Å². The second-order valence-corrected chi connectivity index (χ2v) is 13.5. The molecule has 1 saturated carbocycles. The van der Waals surface area contributed by atoms with Crippen LogP contribution in [-0.2, 0) is 16.6 Å². The fourth-order valence-corrected chi connectivity index (χ4v) is 7.95. The normalized spacial score (nSPS) is 24.5. The highest BCUT2D eigenvalue weighted by molar-refractivity contribution is 7.16. The number of thiophene rings is 1. The minimum absolute atomic E-state index is 0.0800. The van der Waals surface area contributed by atoms with Crippen LogP contribution in [0.1, 0.15) is 74.3 Å². The van der Waals surface area contributed by atoms with E-state index in [0.29, 0.717) is 65.9 Å². The van der Waals surface area contributed by atoms with E-state index in [2.05, 4.69) is 34.6 Å². The molecule has 1 saturated heterocycles. The van der Waals surface area contributed by atoms with Crippen molar-refractivity contribution in [2.45, 2.75) is 70.3 Å². The van der Waals surface area contributed by atoms with Gasteiger partial charge in [0.05, 0.1) is 11.0 Å². The lowest BCUT2D eigenvalue weighted by molar-refractivity contribution is -0.126. The lowest BCUT2D eigenvalue weighted by atomic mass is 9.72. The Labute approximate surface area is 267 Å². The minimum atomic E-state index is -0.645. The predicted molar refractivity (Wildman–Crippen MR) is 173 cm³/mol. The van der Waals surface area contributed by atoms with Gasteiger partial charge in [0, 0.05) is 61.9 Å². The molecule has 12 nitrogen and oxygen atoms in total. The number of nitrogens with two attached hydrogens (primary N) is 1. The molecule has 3 aromatic heterocycles. The highest BCUT2D eigenvalue weighted by Gasteiger charge is 2.43. The summed E-state index contributed by atoms with van der Waals surface area (Å²) in [6.45, 7) is 10.2. The van der Waals surface area contributed by atoms with Crippen molar-refractivity contribution in [3.8, 4) is 23.6 Å². The maximum Gasteiger partial charge on any atom is 0.319 e. The van der Waals surface area contributed by atoms with Crippen LogP contribution in [0.4, 0.5) is 10.8 Å². The van der Waals surface area contributed by atoms with Gasteiger partial charge in [-0.15, -0.1) is 11.3 Å². The van der Waals surface area contributed by atoms with Gasteiger partial charge in [0.25, 0.3) is 0 Å². The second-order valence-electron chi connectivity index (χ2n) is 12.4. The van der Waals surface area contributed by atoms with E-state index in [1.54, 1.807) is 4.90 Å². The number of ether oxygens (including phenoxy) is 1. The van der Waals surface area contributed by atoms with Gasteiger partial charge < -0.3 is 24.8 Å². The number of carbonyl (C=O) groups is 1. The van der Waals surface area contributed by atoms with Gasteiger partial charge in [-0.3, -0.25) is 9.79 Å². The third-order valence-corrected chi connectivity index (χ3v) is 10.4. The molecular formula is C32H39N9O3S. The average molecular weight is 630 g/mol. The summed E-state index contributed by atoms with van der Waals surface area (Å²) in [7, 11) is 1.84. The number of aliphatic imine (C=N–C) groups is 1. The Morgan fingerprint density at radius 2 is 2.09 bits per heavy atom. The van der Waals surface area contributed by atoms with E-state index in [9.17, 15) is 10.1 Å². The fourth-order valence-electron chi connectivity index (χ4n) is 6.76. The molecule has 13 heteroatoms. The molecule has 6 rings (SSSR count). The first-order valence-electron chi connectivity index (χ1n) is 15.5. The molecule has 0 spiro atoms. The number of nitrogens with zero attached hydrogens (tertiary/aromatic N) is 8. The van der Waals surface area contributed by atoms with E-state index >= 15 is 0 Å². The van der Waals surface area contributed by atoms with Crippen molar-refractivity contribution in [2.24, 2.45) is 10.9 Å². The summed E-state index contributed by atoms with van der Waals surface area (Å²) in [5.41, 5.74) is 8.60. The molecule has 0 aromatic carbocycles. The van der Waals surface area contributed by atoms with Gasteiger partial charge in [0.2, 0.25) is 17.6 Å². The number of rotatable bonds is 6. The first-order chi connectivity index (χ1) is 21.7. The zero-order valence-electron chi connectivity index (χ0n) is 26.1. The number of aromatic nitrogens is 4. The molecule has 2 N–H and O–H groups in total. The van der Waals surface area contributed by atoms with Crippen molar-refractivity contribution in [3.05, 3.63) is 40.6 Å². The Kier molecular flexibility index (Phi) is 8.59. The number of carbonyl (C=O) groups excluding carboxylic acids is 1. The molecule has 0 bridgehead atoms. The summed E-state index contributed by atoms with van der Waals surface area (Å²) in [4.78, 5) is 36.1. The van der Waals surface area contributed by atoms with Crippen LogP contribution in [0.5, 0.6) is 6.01 Å². The molecule has 2 unspecified atom stereocenters. The summed E-state index contributed by atoms with van der Waals surface area (Å²) in [5, 5.41) is 14.8. The quantitative estimate of drug-likeness (QED) is 0.303. The van der Waals surface area contributed by atoms with E-state index in [1.807, 2.05) is 20.0 Å². The van der Waals surface area contributed by atoms with Crippen LogP contribution in [0.15, 0.2) is 28.2 Å². The van der Waals surface area contributed by atoms with Gasteiger partial charge in [-0.2, -0.15) is 20.2 Å². The van der Waals surface area contributed by atoms with Crippen molar-refractivity contribution in [2.75, 3.05) is 43.9 Å². The predicted octanol–water partition coefficient (Wildman–Crippen LogP) is 4.55. The largest absolute Gasteiger partial charge is 0.460 e. The standard InChI is InChI=1S/C32H39N9O3S/c1-5-26(42)41-13-11-40(12-14-41)25-17-23(36-31(37-25)43-21-15-19(2)8-9-20(16-21)35-4)29-38-30(44-39-29)32(3)10-6-7-24-27(32)22(18-33)28(34)45-24/h5,17,19,21H,1,6-16,34H2,2-4H3/t19?,21?,32-/m0/s1. The van der Waals surface area contributed by atoms with Crippen molar-refractivity contribution in [1.29, 1.82) is 5.26 Å². The molecule has 3 aliphatic rings. The topological polar surface area (TPSA) is 160 Å². The Bertz CT molecular complexity index is 1670. The van der Waals surface area contributed by atoms with Crippen LogP contribution in [0.25, 0.3) is 11.5 Å². The molecule has 236 valence electrons. The maximum absolute atomic E-state index is 12.2. The van der Waals surface area contributed by atoms with E-state index in [-0.39, 0.29) is 18.0 Å². The Morgan fingerprint density at radius 1 is 1.29 bits per heavy atom. The van der Waals surface area contributed by atoms with Crippen LogP contribution in [0.3, 0.4) is 0 Å². The van der Waals surface area contributed by atoms with Gasteiger partial charge in [-0.25, -0.2) is 0 Å². The SMILES string of the molecule is C=CC(=O)N1CCN(c2cc(-c3noc([C@@]4(C)CCCc5sc(N)c(C#N)c54)n3)nc(OC3CC(=NC)CCC(C)C3)n2)CC1. The van der Waals surface area contributed by atoms with E-state index < -0.39 is 5.41 Å². The number of nitriles is 1. The summed E-state index contributed by atoms with van der Waals surface area (Å²) < 4.78 is 12.4. The second kappa shape index (κ2) is 12.6. The fraction of sp³-hybridized carbons (Fsp3) is 0.531. The molecule has 2 aliphatic carbocycles. The van der Waals surface area contributed by atoms with Crippen LogP contribution >= 0.6 is 11.3 Å². The first-order valence-corrected chi connectivity index (χ1v) is 16.4. The molecular weight excluding hydrogens is 590 g/mol. The average Bonchev–Trinajstić information content (AvgIpc) is 3.63. The van der Waals surface area contributed by atoms with Gasteiger partial charge in [-0.1, -0.05) is 18.7 Å². The molecule has 45 heavy (non-hydrogen) atoms. The minimum Gasteiger partial charge on any atom is -0.460 e. The number of hydrogen-bond donors (Lipinski definition) is 1. The number of piperazine rings is 1. The lowest BCUT2D eigenvalue weighted by Crippen LogP contribution is -2.48. The zero-order chi connectivity index (χ0) is 31.7. The van der Waals surface area contributed by atoms with E-state index in [0.717, 1.165) is 61.1 Å². The van der Waals surface area contributed by atoms with Gasteiger partial charge in [0.15, 0.2) is 0 Å². The smallest absolute Gasteiger partial charge is 0.319 e. The highest BCUT2D eigenvalue weighted by Crippen LogP contribution is 2.48. The van der Waals surface area contributed by atoms with Crippen molar-refractivity contribution in [1.82, 2.24) is 25.0 Å². The molecule has 1 aliphatic heterocycles. The van der Waals surface area contributed by atoms with Gasteiger partial charge in [-0.05, 0) is 57.4 Å². The Hall–Kier alpha value is -4.31. The molecule has 4 heterocycles. The molecule has 3 aromatic rings. The number of anilines is 2. The number of aryl methyl sites for hydroxylation is 1.